The standard InChI is InChI=1S/C26H35N3O/c1-2-16-28-24-12-5-6-13-25(24)29(26(28)30)22-14-17-27(18-15-22)19-21-10-7-9-20-8-3-4-11-23(20)21/h1,5-6,12-13,20-23H,3-4,7-11,14-19H2. The number of piperidine rings is 1. The second-order valence-corrected chi connectivity index (χ2v) is 9.86. The zero-order valence-electron chi connectivity index (χ0n) is 18.1. The van der Waals surface area contributed by atoms with Gasteiger partial charge in [0.05, 0.1) is 17.6 Å². The number of aromatic nitrogens is 2. The van der Waals surface area contributed by atoms with E-state index in [1.54, 1.807) is 4.57 Å². The van der Waals surface area contributed by atoms with E-state index >= 15 is 0 Å². The van der Waals surface area contributed by atoms with Crippen molar-refractivity contribution in [2.75, 3.05) is 19.6 Å². The van der Waals surface area contributed by atoms with Crippen LogP contribution in [0.4, 0.5) is 0 Å². The summed E-state index contributed by atoms with van der Waals surface area (Å²) in [5.41, 5.74) is 2.06. The number of likely N-dealkylation sites (tertiary alicyclic amines) is 1. The largest absolute Gasteiger partial charge is 0.330 e. The van der Waals surface area contributed by atoms with Crippen molar-refractivity contribution < 1.29 is 0 Å². The Kier molecular flexibility index (Phi) is 5.74. The summed E-state index contributed by atoms with van der Waals surface area (Å²) in [7, 11) is 0. The number of imidazole rings is 1. The van der Waals surface area contributed by atoms with Gasteiger partial charge >= 0.3 is 5.69 Å². The minimum atomic E-state index is 0.0601. The second-order valence-electron chi connectivity index (χ2n) is 9.86. The Bertz CT molecular complexity index is 970. The van der Waals surface area contributed by atoms with Gasteiger partial charge in [-0.25, -0.2) is 4.79 Å². The van der Waals surface area contributed by atoms with Crippen molar-refractivity contribution in [3.63, 3.8) is 0 Å². The molecule has 1 saturated heterocycles. The topological polar surface area (TPSA) is 30.2 Å². The van der Waals surface area contributed by atoms with Gasteiger partial charge in [0, 0.05) is 25.7 Å². The molecule has 3 unspecified atom stereocenters. The molecule has 1 aromatic heterocycles. The predicted molar refractivity (Wildman–Crippen MR) is 123 cm³/mol. The molecule has 4 nitrogen and oxygen atoms in total. The van der Waals surface area contributed by atoms with Crippen molar-refractivity contribution in [3.05, 3.63) is 34.7 Å². The molecule has 1 aromatic carbocycles. The van der Waals surface area contributed by atoms with Gasteiger partial charge in [0.2, 0.25) is 0 Å². The van der Waals surface area contributed by atoms with Crippen LogP contribution in [0.15, 0.2) is 29.1 Å². The highest BCUT2D eigenvalue weighted by molar-refractivity contribution is 5.76. The summed E-state index contributed by atoms with van der Waals surface area (Å²) >= 11 is 0. The molecule has 0 radical (unpaired) electrons. The van der Waals surface area contributed by atoms with Crippen molar-refractivity contribution in [2.24, 2.45) is 17.8 Å². The van der Waals surface area contributed by atoms with Crippen LogP contribution in [0.25, 0.3) is 11.0 Å². The smallest absolute Gasteiger partial charge is 0.303 e. The molecule has 2 aromatic rings. The van der Waals surface area contributed by atoms with E-state index in [0.29, 0.717) is 6.54 Å². The summed E-state index contributed by atoms with van der Waals surface area (Å²) in [4.78, 5) is 15.8. The highest BCUT2D eigenvalue weighted by Crippen LogP contribution is 2.44. The Morgan fingerprint density at radius 3 is 2.47 bits per heavy atom. The fraction of sp³-hybridized carbons (Fsp3) is 0.654. The van der Waals surface area contributed by atoms with Crippen LogP contribution in [0.2, 0.25) is 0 Å². The quantitative estimate of drug-likeness (QED) is 0.692. The predicted octanol–water partition coefficient (Wildman–Crippen LogP) is 4.68. The first-order chi connectivity index (χ1) is 14.8. The second kappa shape index (κ2) is 8.63. The van der Waals surface area contributed by atoms with E-state index in [0.717, 1.165) is 54.7 Å². The minimum Gasteiger partial charge on any atom is -0.303 e. The molecule has 1 aliphatic heterocycles. The van der Waals surface area contributed by atoms with Crippen molar-refractivity contribution in [3.8, 4) is 12.3 Å². The van der Waals surface area contributed by atoms with Crippen molar-refractivity contribution >= 4 is 11.0 Å². The van der Waals surface area contributed by atoms with Gasteiger partial charge in [-0.2, -0.15) is 0 Å². The van der Waals surface area contributed by atoms with Crippen LogP contribution >= 0.6 is 0 Å². The summed E-state index contributed by atoms with van der Waals surface area (Å²) in [5, 5.41) is 0. The van der Waals surface area contributed by atoms with Gasteiger partial charge in [-0.05, 0) is 55.6 Å². The molecule has 0 bridgehead atoms. The summed E-state index contributed by atoms with van der Waals surface area (Å²) in [6, 6.07) is 8.39. The van der Waals surface area contributed by atoms with Crippen LogP contribution in [0, 0.1) is 30.1 Å². The van der Waals surface area contributed by atoms with Crippen LogP contribution in [-0.2, 0) is 6.54 Å². The van der Waals surface area contributed by atoms with Crippen molar-refractivity contribution in [1.82, 2.24) is 14.0 Å². The molecular formula is C26H35N3O. The lowest BCUT2D eigenvalue weighted by Crippen LogP contribution is -2.43. The van der Waals surface area contributed by atoms with Crippen molar-refractivity contribution in [2.45, 2.75) is 70.4 Å². The van der Waals surface area contributed by atoms with Gasteiger partial charge in [-0.15, -0.1) is 6.42 Å². The molecule has 2 heterocycles. The monoisotopic (exact) mass is 405 g/mol. The average Bonchev–Trinajstić information content (AvgIpc) is 3.06. The molecule has 0 amide bonds. The minimum absolute atomic E-state index is 0.0601. The molecule has 2 aliphatic carbocycles. The third-order valence-electron chi connectivity index (χ3n) is 8.26. The Morgan fingerprint density at radius 2 is 1.67 bits per heavy atom. The summed E-state index contributed by atoms with van der Waals surface area (Å²) in [6.07, 6.45) is 17.9. The zero-order chi connectivity index (χ0) is 20.5. The van der Waals surface area contributed by atoms with E-state index in [4.69, 9.17) is 6.42 Å². The number of rotatable bonds is 4. The first-order valence-electron chi connectivity index (χ1n) is 12.1. The Balaban J connectivity index is 1.28. The van der Waals surface area contributed by atoms with E-state index < -0.39 is 0 Å². The fourth-order valence-electron chi connectivity index (χ4n) is 6.82. The number of fused-ring (bicyclic) bond motifs is 2. The first-order valence-corrected chi connectivity index (χ1v) is 12.1. The van der Waals surface area contributed by atoms with E-state index in [1.807, 2.05) is 22.8 Å². The number of benzene rings is 1. The molecule has 4 heteroatoms. The van der Waals surface area contributed by atoms with E-state index in [9.17, 15) is 4.79 Å². The summed E-state index contributed by atoms with van der Waals surface area (Å²) in [6.45, 7) is 3.84. The molecule has 5 rings (SSSR count). The molecular weight excluding hydrogens is 370 g/mol. The van der Waals surface area contributed by atoms with Gasteiger partial charge in [0.25, 0.3) is 0 Å². The number of terminal acetylenes is 1. The van der Waals surface area contributed by atoms with E-state index in [2.05, 4.69) is 16.9 Å². The van der Waals surface area contributed by atoms with Crippen LogP contribution in [0.1, 0.15) is 63.8 Å². The summed E-state index contributed by atoms with van der Waals surface area (Å²) < 4.78 is 3.79. The highest BCUT2D eigenvalue weighted by atomic mass is 16.1. The molecule has 3 aliphatic rings. The number of para-hydroxylation sites is 2. The Labute approximate surface area is 180 Å². The van der Waals surface area contributed by atoms with Gasteiger partial charge < -0.3 is 4.90 Å². The molecule has 30 heavy (non-hydrogen) atoms. The maximum Gasteiger partial charge on any atom is 0.330 e. The number of nitrogens with zero attached hydrogens (tertiary/aromatic N) is 3. The lowest BCUT2D eigenvalue weighted by molar-refractivity contribution is 0.0614. The van der Waals surface area contributed by atoms with E-state index in [1.165, 1.54) is 51.5 Å². The normalized spacial score (nSPS) is 28.3. The maximum atomic E-state index is 13.2. The van der Waals surface area contributed by atoms with Gasteiger partial charge in [0.15, 0.2) is 0 Å². The third-order valence-corrected chi connectivity index (χ3v) is 8.26. The maximum absolute atomic E-state index is 13.2. The van der Waals surface area contributed by atoms with Crippen LogP contribution in [0.3, 0.4) is 0 Å². The van der Waals surface area contributed by atoms with Gasteiger partial charge in [0.1, 0.15) is 0 Å². The molecule has 0 N–H and O–H groups in total. The van der Waals surface area contributed by atoms with Crippen LogP contribution < -0.4 is 5.69 Å². The van der Waals surface area contributed by atoms with Gasteiger partial charge in [-0.3, -0.25) is 9.13 Å². The average molecular weight is 406 g/mol. The highest BCUT2D eigenvalue weighted by Gasteiger charge is 2.36. The Morgan fingerprint density at radius 1 is 0.933 bits per heavy atom. The Hall–Kier alpha value is -1.99. The van der Waals surface area contributed by atoms with Crippen LogP contribution in [-0.4, -0.2) is 33.7 Å². The van der Waals surface area contributed by atoms with Gasteiger partial charge in [-0.1, -0.05) is 50.2 Å². The molecule has 0 spiro atoms. The lowest BCUT2D eigenvalue weighted by Gasteiger charge is -2.44. The molecule has 3 atom stereocenters. The number of hydrogen-bond acceptors (Lipinski definition) is 2. The lowest BCUT2D eigenvalue weighted by atomic mass is 9.65. The SMILES string of the molecule is C#CCn1c(=O)n(C2CCN(CC3CCCC4CCCCC43)CC2)c2ccccc21. The summed E-state index contributed by atoms with van der Waals surface area (Å²) in [5.74, 6) is 5.54. The van der Waals surface area contributed by atoms with Crippen molar-refractivity contribution in [1.29, 1.82) is 0 Å². The molecule has 160 valence electrons. The third kappa shape index (κ3) is 3.62. The molecule has 2 saturated carbocycles. The van der Waals surface area contributed by atoms with Crippen LogP contribution in [0.5, 0.6) is 0 Å². The first kappa shape index (κ1) is 19.9. The number of hydrogen-bond donors (Lipinski definition) is 0. The fourth-order valence-corrected chi connectivity index (χ4v) is 6.82. The van der Waals surface area contributed by atoms with E-state index in [-0.39, 0.29) is 11.7 Å². The zero-order valence-corrected chi connectivity index (χ0v) is 18.1. The molecule has 3 fully saturated rings.